The summed E-state index contributed by atoms with van der Waals surface area (Å²) in [6.07, 6.45) is 2.68. The standard InChI is InChI=1S/C7H9N3/c1-2-6-3-7(4-8)10(9)5-6/h3,5H,2,9H2,1H3. The van der Waals surface area contributed by atoms with Crippen LogP contribution in [0.2, 0.25) is 0 Å². The van der Waals surface area contributed by atoms with Crippen molar-refractivity contribution in [2.75, 3.05) is 5.84 Å². The second-order valence-corrected chi connectivity index (χ2v) is 2.11. The molecule has 0 aliphatic rings. The van der Waals surface area contributed by atoms with Gasteiger partial charge in [0.05, 0.1) is 0 Å². The summed E-state index contributed by atoms with van der Waals surface area (Å²) >= 11 is 0. The van der Waals surface area contributed by atoms with Crippen molar-refractivity contribution < 1.29 is 0 Å². The molecular formula is C7H9N3. The van der Waals surface area contributed by atoms with Gasteiger partial charge in [-0.25, -0.2) is 0 Å². The molecule has 2 N–H and O–H groups in total. The zero-order valence-electron chi connectivity index (χ0n) is 5.83. The lowest BCUT2D eigenvalue weighted by Gasteiger charge is -1.88. The van der Waals surface area contributed by atoms with E-state index in [0.29, 0.717) is 5.69 Å². The molecule has 0 aliphatic carbocycles. The molecule has 0 bridgehead atoms. The molecule has 1 heterocycles. The number of nitriles is 1. The molecule has 1 rings (SSSR count). The summed E-state index contributed by atoms with van der Waals surface area (Å²) in [7, 11) is 0. The Morgan fingerprint density at radius 1 is 1.80 bits per heavy atom. The van der Waals surface area contributed by atoms with E-state index in [-0.39, 0.29) is 0 Å². The highest BCUT2D eigenvalue weighted by molar-refractivity contribution is 5.28. The fourth-order valence-corrected chi connectivity index (χ4v) is 0.819. The first-order valence-electron chi connectivity index (χ1n) is 3.14. The van der Waals surface area contributed by atoms with Gasteiger partial charge in [-0.05, 0) is 18.1 Å². The molecule has 0 amide bonds. The largest absolute Gasteiger partial charge is 0.338 e. The Hall–Kier alpha value is -1.43. The van der Waals surface area contributed by atoms with E-state index in [1.165, 1.54) is 4.68 Å². The highest BCUT2D eigenvalue weighted by Crippen LogP contribution is 2.04. The van der Waals surface area contributed by atoms with Crippen LogP contribution in [0.1, 0.15) is 18.2 Å². The molecule has 0 fully saturated rings. The van der Waals surface area contributed by atoms with Crippen molar-refractivity contribution in [3.63, 3.8) is 0 Å². The molecule has 0 aliphatic heterocycles. The van der Waals surface area contributed by atoms with Crippen LogP contribution in [-0.4, -0.2) is 4.68 Å². The van der Waals surface area contributed by atoms with Crippen LogP contribution < -0.4 is 5.84 Å². The SMILES string of the molecule is CCc1cc(C#N)n(N)c1. The first-order valence-corrected chi connectivity index (χ1v) is 3.14. The maximum absolute atomic E-state index is 8.48. The number of aryl methyl sites for hydroxylation is 1. The van der Waals surface area contributed by atoms with E-state index < -0.39 is 0 Å². The molecule has 0 saturated carbocycles. The summed E-state index contributed by atoms with van der Waals surface area (Å²) in [5.41, 5.74) is 1.61. The number of aromatic nitrogens is 1. The minimum atomic E-state index is 0.511. The van der Waals surface area contributed by atoms with Gasteiger partial charge in [0.1, 0.15) is 11.8 Å². The fourth-order valence-electron chi connectivity index (χ4n) is 0.819. The van der Waals surface area contributed by atoms with Crippen molar-refractivity contribution in [2.45, 2.75) is 13.3 Å². The Balaban J connectivity index is 3.07. The maximum Gasteiger partial charge on any atom is 0.139 e. The minimum absolute atomic E-state index is 0.511. The van der Waals surface area contributed by atoms with Gasteiger partial charge in [-0.2, -0.15) is 5.26 Å². The number of hydrogen-bond donors (Lipinski definition) is 1. The molecular weight excluding hydrogens is 126 g/mol. The van der Waals surface area contributed by atoms with E-state index >= 15 is 0 Å². The first-order chi connectivity index (χ1) is 4.77. The van der Waals surface area contributed by atoms with Gasteiger partial charge in [-0.15, -0.1) is 0 Å². The molecule has 10 heavy (non-hydrogen) atoms. The Morgan fingerprint density at radius 3 is 2.80 bits per heavy atom. The van der Waals surface area contributed by atoms with Crippen molar-refractivity contribution in [1.29, 1.82) is 5.26 Å². The van der Waals surface area contributed by atoms with Gasteiger partial charge in [-0.3, -0.25) is 4.68 Å². The van der Waals surface area contributed by atoms with Crippen LogP contribution in [0.15, 0.2) is 12.3 Å². The number of nitrogens with two attached hydrogens (primary N) is 1. The molecule has 0 saturated heterocycles. The molecule has 0 aromatic carbocycles. The lowest BCUT2D eigenvalue weighted by atomic mass is 10.2. The predicted octanol–water partition coefficient (Wildman–Crippen LogP) is 0.636. The van der Waals surface area contributed by atoms with Gasteiger partial charge in [0, 0.05) is 6.20 Å². The molecule has 0 radical (unpaired) electrons. The number of rotatable bonds is 1. The lowest BCUT2D eigenvalue weighted by Crippen LogP contribution is -2.07. The predicted molar refractivity (Wildman–Crippen MR) is 38.7 cm³/mol. The van der Waals surface area contributed by atoms with E-state index in [1.54, 1.807) is 12.3 Å². The molecule has 0 spiro atoms. The maximum atomic E-state index is 8.48. The topological polar surface area (TPSA) is 54.7 Å². The number of nitrogens with zero attached hydrogens (tertiary/aromatic N) is 2. The fraction of sp³-hybridized carbons (Fsp3) is 0.286. The summed E-state index contributed by atoms with van der Waals surface area (Å²) in [6, 6.07) is 3.78. The minimum Gasteiger partial charge on any atom is -0.338 e. The van der Waals surface area contributed by atoms with Crippen LogP contribution in [0.4, 0.5) is 0 Å². The number of nitrogen functional groups attached to an aromatic ring is 1. The third kappa shape index (κ3) is 0.960. The molecule has 3 heteroatoms. The molecule has 1 aromatic rings. The zero-order chi connectivity index (χ0) is 7.56. The van der Waals surface area contributed by atoms with Crippen LogP contribution in [0.25, 0.3) is 0 Å². The first kappa shape index (κ1) is 6.69. The third-order valence-corrected chi connectivity index (χ3v) is 1.43. The summed E-state index contributed by atoms with van der Waals surface area (Å²) in [5.74, 6) is 5.42. The van der Waals surface area contributed by atoms with Crippen LogP contribution in [0.3, 0.4) is 0 Å². The van der Waals surface area contributed by atoms with Crippen LogP contribution in [0.5, 0.6) is 0 Å². The summed E-state index contributed by atoms with van der Waals surface area (Å²) < 4.78 is 1.35. The number of hydrogen-bond acceptors (Lipinski definition) is 2. The zero-order valence-corrected chi connectivity index (χ0v) is 5.83. The summed E-state index contributed by atoms with van der Waals surface area (Å²) in [6.45, 7) is 2.02. The van der Waals surface area contributed by atoms with E-state index in [2.05, 4.69) is 0 Å². The van der Waals surface area contributed by atoms with Gasteiger partial charge in [0.15, 0.2) is 0 Å². The van der Waals surface area contributed by atoms with Crippen molar-refractivity contribution in [3.05, 3.63) is 23.5 Å². The Morgan fingerprint density at radius 2 is 2.50 bits per heavy atom. The van der Waals surface area contributed by atoms with E-state index in [0.717, 1.165) is 12.0 Å². The summed E-state index contributed by atoms with van der Waals surface area (Å²) in [4.78, 5) is 0. The average molecular weight is 135 g/mol. The van der Waals surface area contributed by atoms with Crippen molar-refractivity contribution in [1.82, 2.24) is 4.68 Å². The van der Waals surface area contributed by atoms with E-state index in [9.17, 15) is 0 Å². The van der Waals surface area contributed by atoms with Crippen LogP contribution >= 0.6 is 0 Å². The van der Waals surface area contributed by atoms with Gasteiger partial charge >= 0.3 is 0 Å². The Labute approximate surface area is 59.6 Å². The lowest BCUT2D eigenvalue weighted by molar-refractivity contribution is 0.983. The highest BCUT2D eigenvalue weighted by Gasteiger charge is 1.98. The molecule has 1 aromatic heterocycles. The Kier molecular flexibility index (Phi) is 1.63. The van der Waals surface area contributed by atoms with Crippen molar-refractivity contribution in [3.8, 4) is 6.07 Å². The van der Waals surface area contributed by atoms with Crippen molar-refractivity contribution >= 4 is 0 Å². The molecule has 0 atom stereocenters. The second-order valence-electron chi connectivity index (χ2n) is 2.11. The van der Waals surface area contributed by atoms with Gasteiger partial charge in [0.25, 0.3) is 0 Å². The van der Waals surface area contributed by atoms with E-state index in [4.69, 9.17) is 11.1 Å². The van der Waals surface area contributed by atoms with E-state index in [1.807, 2.05) is 13.0 Å². The van der Waals surface area contributed by atoms with Crippen LogP contribution in [-0.2, 0) is 6.42 Å². The van der Waals surface area contributed by atoms with Crippen LogP contribution in [0, 0.1) is 11.3 Å². The van der Waals surface area contributed by atoms with Gasteiger partial charge in [-0.1, -0.05) is 6.92 Å². The van der Waals surface area contributed by atoms with Crippen molar-refractivity contribution in [2.24, 2.45) is 0 Å². The molecule has 52 valence electrons. The molecule has 3 nitrogen and oxygen atoms in total. The smallest absolute Gasteiger partial charge is 0.139 e. The monoisotopic (exact) mass is 135 g/mol. The second kappa shape index (κ2) is 2.44. The summed E-state index contributed by atoms with van der Waals surface area (Å²) in [5, 5.41) is 8.48. The quantitative estimate of drug-likeness (QED) is 0.574. The third-order valence-electron chi connectivity index (χ3n) is 1.43. The Bertz CT molecular complexity index is 267. The van der Waals surface area contributed by atoms with Gasteiger partial charge < -0.3 is 5.84 Å². The van der Waals surface area contributed by atoms with Gasteiger partial charge in [0.2, 0.25) is 0 Å². The molecule has 0 unspecified atom stereocenters. The normalized spacial score (nSPS) is 9.20. The average Bonchev–Trinajstić information content (AvgIpc) is 2.30. The highest BCUT2D eigenvalue weighted by atomic mass is 15.3.